The minimum absolute atomic E-state index is 0.0601. The van der Waals surface area contributed by atoms with Gasteiger partial charge in [-0.1, -0.05) is 0 Å². The molecule has 0 radical (unpaired) electrons. The van der Waals surface area contributed by atoms with Crippen molar-refractivity contribution in [1.29, 1.82) is 0 Å². The largest absolute Gasteiger partial charge is 0.437 e. The van der Waals surface area contributed by atoms with Gasteiger partial charge in [-0.2, -0.15) is 0 Å². The van der Waals surface area contributed by atoms with Gasteiger partial charge in [0.15, 0.2) is 0 Å². The quantitative estimate of drug-likeness (QED) is 0.354. The molecule has 4 aromatic rings. The Hall–Kier alpha value is -2.75. The first-order valence-corrected chi connectivity index (χ1v) is 5.90. The molecule has 0 unspecified atom stereocenters. The molecule has 4 rings (SSSR count). The fourth-order valence-corrected chi connectivity index (χ4v) is 2.30. The summed E-state index contributed by atoms with van der Waals surface area (Å²) in [5.74, 6) is 0. The van der Waals surface area contributed by atoms with E-state index in [4.69, 9.17) is 4.42 Å². The lowest BCUT2D eigenvalue weighted by atomic mass is 10.1. The first kappa shape index (κ1) is 10.2. The van der Waals surface area contributed by atoms with Crippen LogP contribution in [-0.2, 0) is 0 Å². The van der Waals surface area contributed by atoms with Crippen LogP contribution in [0.4, 0.5) is 0 Å². The third kappa shape index (κ3) is 1.37. The van der Waals surface area contributed by atoms with E-state index in [1.165, 1.54) is 0 Å². The van der Waals surface area contributed by atoms with Gasteiger partial charge in [-0.05, 0) is 36.4 Å². The van der Waals surface area contributed by atoms with Crippen molar-refractivity contribution in [3.63, 3.8) is 0 Å². The van der Waals surface area contributed by atoms with E-state index in [-0.39, 0.29) is 5.43 Å². The van der Waals surface area contributed by atoms with Gasteiger partial charge in [0.1, 0.15) is 5.58 Å². The molecular formula is C15H8N2O2. The lowest BCUT2D eigenvalue weighted by Gasteiger charge is -2.03. The maximum Gasteiger partial charge on any atom is 0.230 e. The average Bonchev–Trinajstić information content (AvgIpc) is 2.47. The van der Waals surface area contributed by atoms with Gasteiger partial charge in [-0.3, -0.25) is 9.78 Å². The highest BCUT2D eigenvalue weighted by Gasteiger charge is 2.10. The van der Waals surface area contributed by atoms with Crippen molar-refractivity contribution in [3.8, 4) is 0 Å². The summed E-state index contributed by atoms with van der Waals surface area (Å²) in [6.45, 7) is 0. The Bertz CT molecular complexity index is 989. The van der Waals surface area contributed by atoms with Crippen LogP contribution in [0.15, 0.2) is 58.0 Å². The molecule has 0 saturated carbocycles. The summed E-state index contributed by atoms with van der Waals surface area (Å²) in [5, 5.41) is 1.88. The number of benzene rings is 1. The zero-order valence-electron chi connectivity index (χ0n) is 9.83. The van der Waals surface area contributed by atoms with Gasteiger partial charge >= 0.3 is 0 Å². The fraction of sp³-hybridized carbons (Fsp3) is 0. The minimum Gasteiger partial charge on any atom is -0.437 e. The molecule has 0 spiro atoms. The van der Waals surface area contributed by atoms with E-state index in [2.05, 4.69) is 9.97 Å². The van der Waals surface area contributed by atoms with Crippen molar-refractivity contribution in [3.05, 3.63) is 59.0 Å². The molecule has 4 heteroatoms. The van der Waals surface area contributed by atoms with Gasteiger partial charge in [0.25, 0.3) is 0 Å². The third-order valence-electron chi connectivity index (χ3n) is 3.19. The molecule has 0 fully saturated rings. The Morgan fingerprint density at radius 1 is 0.842 bits per heavy atom. The summed E-state index contributed by atoms with van der Waals surface area (Å²) in [5.41, 5.74) is 1.64. The van der Waals surface area contributed by atoms with Crippen LogP contribution < -0.4 is 5.43 Å². The van der Waals surface area contributed by atoms with Crippen molar-refractivity contribution < 1.29 is 4.42 Å². The summed E-state index contributed by atoms with van der Waals surface area (Å²) in [7, 11) is 0. The predicted molar refractivity (Wildman–Crippen MR) is 73.1 cm³/mol. The number of nitrogens with zero attached hydrogens (tertiary/aromatic N) is 2. The summed E-state index contributed by atoms with van der Waals surface area (Å²) in [6, 6.07) is 10.8. The molecule has 0 atom stereocenters. The van der Waals surface area contributed by atoms with Gasteiger partial charge in [0, 0.05) is 17.8 Å². The third-order valence-corrected chi connectivity index (χ3v) is 3.19. The van der Waals surface area contributed by atoms with Crippen LogP contribution in [0.5, 0.6) is 0 Å². The van der Waals surface area contributed by atoms with Gasteiger partial charge in [0.05, 0.1) is 16.3 Å². The van der Waals surface area contributed by atoms with Crippen molar-refractivity contribution in [2.24, 2.45) is 0 Å². The molecule has 0 bridgehead atoms. The maximum absolute atomic E-state index is 12.4. The first-order chi connectivity index (χ1) is 9.34. The van der Waals surface area contributed by atoms with Crippen molar-refractivity contribution in [1.82, 2.24) is 9.97 Å². The van der Waals surface area contributed by atoms with Crippen LogP contribution in [0.25, 0.3) is 33.0 Å². The molecule has 0 aliphatic rings. The summed E-state index contributed by atoms with van der Waals surface area (Å²) in [6.07, 6.45) is 3.33. The number of aromatic nitrogens is 2. The SMILES string of the molecule is O=c1c2cccnc2oc2c1ccc1ncccc12. The van der Waals surface area contributed by atoms with Crippen LogP contribution in [0.3, 0.4) is 0 Å². The second kappa shape index (κ2) is 3.62. The zero-order chi connectivity index (χ0) is 12.8. The van der Waals surface area contributed by atoms with E-state index < -0.39 is 0 Å². The second-order valence-electron chi connectivity index (χ2n) is 4.30. The van der Waals surface area contributed by atoms with Gasteiger partial charge in [-0.25, -0.2) is 4.98 Å². The average molecular weight is 248 g/mol. The molecular weight excluding hydrogens is 240 g/mol. The topological polar surface area (TPSA) is 56.0 Å². The second-order valence-corrected chi connectivity index (χ2v) is 4.30. The monoisotopic (exact) mass is 248 g/mol. The van der Waals surface area contributed by atoms with Gasteiger partial charge in [-0.15, -0.1) is 0 Å². The molecule has 0 N–H and O–H groups in total. The number of hydrogen-bond acceptors (Lipinski definition) is 4. The van der Waals surface area contributed by atoms with E-state index in [1.807, 2.05) is 18.2 Å². The highest BCUT2D eigenvalue weighted by atomic mass is 16.3. The molecule has 0 aliphatic heterocycles. The van der Waals surface area contributed by atoms with Crippen LogP contribution in [-0.4, -0.2) is 9.97 Å². The Kier molecular flexibility index (Phi) is 1.94. The van der Waals surface area contributed by atoms with Crippen LogP contribution >= 0.6 is 0 Å². The van der Waals surface area contributed by atoms with Crippen molar-refractivity contribution in [2.75, 3.05) is 0 Å². The molecule has 3 heterocycles. The molecule has 3 aromatic heterocycles. The standard InChI is InChI=1S/C15H8N2O2/c18-13-10-5-6-12-9(3-1-7-16-12)14(10)19-15-11(13)4-2-8-17-15/h1-8H. The Balaban J connectivity index is 2.36. The molecule has 0 aliphatic carbocycles. The Labute approximate surface area is 107 Å². The van der Waals surface area contributed by atoms with E-state index in [0.717, 1.165) is 10.9 Å². The van der Waals surface area contributed by atoms with Gasteiger partial charge < -0.3 is 4.42 Å². The summed E-state index contributed by atoms with van der Waals surface area (Å²) < 4.78 is 5.79. The number of hydrogen-bond donors (Lipinski definition) is 0. The molecule has 90 valence electrons. The maximum atomic E-state index is 12.4. The molecule has 4 nitrogen and oxygen atoms in total. The molecule has 0 amide bonds. The number of fused-ring (bicyclic) bond motifs is 4. The number of rotatable bonds is 0. The molecule has 0 saturated heterocycles. The van der Waals surface area contributed by atoms with Crippen molar-refractivity contribution >= 4 is 33.0 Å². The summed E-state index contributed by atoms with van der Waals surface area (Å²) in [4.78, 5) is 20.8. The van der Waals surface area contributed by atoms with E-state index in [1.54, 1.807) is 30.6 Å². The lowest BCUT2D eigenvalue weighted by Crippen LogP contribution is -2.03. The van der Waals surface area contributed by atoms with Crippen LogP contribution in [0, 0.1) is 0 Å². The van der Waals surface area contributed by atoms with E-state index >= 15 is 0 Å². The fourth-order valence-electron chi connectivity index (χ4n) is 2.30. The van der Waals surface area contributed by atoms with Crippen LogP contribution in [0.2, 0.25) is 0 Å². The Morgan fingerprint density at radius 2 is 1.63 bits per heavy atom. The number of pyridine rings is 2. The minimum atomic E-state index is -0.0601. The van der Waals surface area contributed by atoms with Crippen LogP contribution in [0.1, 0.15) is 0 Å². The smallest absolute Gasteiger partial charge is 0.230 e. The van der Waals surface area contributed by atoms with E-state index in [0.29, 0.717) is 22.1 Å². The normalized spacial score (nSPS) is 11.4. The van der Waals surface area contributed by atoms with E-state index in [9.17, 15) is 4.79 Å². The Morgan fingerprint density at radius 3 is 2.53 bits per heavy atom. The van der Waals surface area contributed by atoms with Gasteiger partial charge in [0.2, 0.25) is 11.1 Å². The highest BCUT2D eigenvalue weighted by molar-refractivity contribution is 6.04. The zero-order valence-corrected chi connectivity index (χ0v) is 9.83. The molecule has 1 aromatic carbocycles. The predicted octanol–water partition coefficient (Wildman–Crippen LogP) is 2.89. The highest BCUT2D eigenvalue weighted by Crippen LogP contribution is 2.24. The van der Waals surface area contributed by atoms with Crippen molar-refractivity contribution in [2.45, 2.75) is 0 Å². The lowest BCUT2D eigenvalue weighted by molar-refractivity contribution is 0.648. The molecule has 19 heavy (non-hydrogen) atoms. The first-order valence-electron chi connectivity index (χ1n) is 5.90. The summed E-state index contributed by atoms with van der Waals surface area (Å²) >= 11 is 0.